The Labute approximate surface area is 56.9 Å². The summed E-state index contributed by atoms with van der Waals surface area (Å²) in [5.74, 6) is 0.380. The Balaban J connectivity index is 4.10. The minimum atomic E-state index is 0.380. The van der Waals surface area contributed by atoms with Gasteiger partial charge in [-0.1, -0.05) is 20.8 Å². The van der Waals surface area contributed by atoms with Crippen molar-refractivity contribution < 1.29 is 0 Å². The van der Waals surface area contributed by atoms with Gasteiger partial charge in [-0.05, 0) is 12.3 Å². The number of nitrogens with two attached hydrogens (primary N) is 2. The molecular formula is C7H16N2. The van der Waals surface area contributed by atoms with Crippen LogP contribution in [-0.4, -0.2) is 0 Å². The van der Waals surface area contributed by atoms with Crippen LogP contribution in [0.2, 0.25) is 0 Å². The van der Waals surface area contributed by atoms with Gasteiger partial charge in [0.25, 0.3) is 0 Å². The molecule has 0 aliphatic carbocycles. The van der Waals surface area contributed by atoms with Gasteiger partial charge in [-0.2, -0.15) is 0 Å². The van der Waals surface area contributed by atoms with Crippen molar-refractivity contribution in [1.82, 2.24) is 0 Å². The molecule has 0 aromatic heterocycles. The van der Waals surface area contributed by atoms with E-state index in [4.69, 9.17) is 11.5 Å². The van der Waals surface area contributed by atoms with Crippen molar-refractivity contribution >= 4 is 0 Å². The maximum atomic E-state index is 5.63. The summed E-state index contributed by atoms with van der Waals surface area (Å²) in [6, 6.07) is 0. The van der Waals surface area contributed by atoms with E-state index in [1.807, 2.05) is 20.8 Å². The monoisotopic (exact) mass is 128 g/mol. The first-order chi connectivity index (χ1) is 4.09. The fourth-order valence-electron chi connectivity index (χ4n) is 0.575. The lowest BCUT2D eigenvalue weighted by molar-refractivity contribution is 0.732. The van der Waals surface area contributed by atoms with Gasteiger partial charge in [0.15, 0.2) is 0 Å². The molecule has 54 valence electrons. The van der Waals surface area contributed by atoms with Gasteiger partial charge in [0.05, 0.1) is 0 Å². The number of hydrogen-bond donors (Lipinski definition) is 2. The maximum Gasteiger partial charge on any atom is 0.0297 e. The molecule has 0 aromatic rings. The predicted octanol–water partition coefficient (Wildman–Crippen LogP) is 1.18. The van der Waals surface area contributed by atoms with Crippen LogP contribution >= 0.6 is 0 Å². The van der Waals surface area contributed by atoms with Crippen LogP contribution in [0.1, 0.15) is 27.2 Å². The zero-order valence-electron chi connectivity index (χ0n) is 6.44. The van der Waals surface area contributed by atoms with Gasteiger partial charge in [-0.3, -0.25) is 0 Å². The molecule has 0 aromatic carbocycles. The molecule has 2 nitrogen and oxygen atoms in total. The van der Waals surface area contributed by atoms with Gasteiger partial charge in [-0.25, -0.2) is 0 Å². The van der Waals surface area contributed by atoms with Crippen molar-refractivity contribution in [2.24, 2.45) is 17.4 Å². The van der Waals surface area contributed by atoms with E-state index in [1.54, 1.807) is 0 Å². The molecule has 0 aliphatic heterocycles. The smallest absolute Gasteiger partial charge is 0.0297 e. The lowest BCUT2D eigenvalue weighted by Gasteiger charge is -2.07. The molecule has 2 heteroatoms. The third-order valence-corrected chi connectivity index (χ3v) is 1.37. The summed E-state index contributed by atoms with van der Waals surface area (Å²) >= 11 is 0. The summed E-state index contributed by atoms with van der Waals surface area (Å²) in [7, 11) is 0. The highest BCUT2D eigenvalue weighted by Gasteiger charge is 2.00. The third kappa shape index (κ3) is 2.40. The molecular weight excluding hydrogens is 112 g/mol. The summed E-state index contributed by atoms with van der Waals surface area (Å²) in [5.41, 5.74) is 12.9. The Morgan fingerprint density at radius 3 is 1.89 bits per heavy atom. The Morgan fingerprint density at radius 2 is 1.78 bits per heavy atom. The highest BCUT2D eigenvalue weighted by atomic mass is 14.7. The van der Waals surface area contributed by atoms with Gasteiger partial charge in [-0.15, -0.1) is 0 Å². The SMILES string of the molecule is CC/C(N)=C(/N)C(C)C. The van der Waals surface area contributed by atoms with Crippen LogP contribution in [0.15, 0.2) is 11.4 Å². The first-order valence-corrected chi connectivity index (χ1v) is 3.33. The number of hydrogen-bond acceptors (Lipinski definition) is 2. The Kier molecular flexibility index (Phi) is 3.13. The number of allylic oxidation sites excluding steroid dienone is 2. The van der Waals surface area contributed by atoms with Crippen LogP contribution in [0, 0.1) is 5.92 Å². The van der Waals surface area contributed by atoms with Crippen molar-refractivity contribution in [2.75, 3.05) is 0 Å². The second-order valence-electron chi connectivity index (χ2n) is 2.49. The van der Waals surface area contributed by atoms with Gasteiger partial charge < -0.3 is 11.5 Å². The van der Waals surface area contributed by atoms with Crippen molar-refractivity contribution in [3.8, 4) is 0 Å². The lowest BCUT2D eigenvalue weighted by Crippen LogP contribution is -2.13. The molecule has 0 radical (unpaired) electrons. The highest BCUT2D eigenvalue weighted by molar-refractivity contribution is 5.08. The summed E-state index contributed by atoms with van der Waals surface area (Å²) in [6.45, 7) is 6.08. The molecule has 0 aliphatic rings. The topological polar surface area (TPSA) is 52.0 Å². The maximum absolute atomic E-state index is 5.63. The summed E-state index contributed by atoms with van der Waals surface area (Å²) in [5, 5.41) is 0. The van der Waals surface area contributed by atoms with Crippen LogP contribution < -0.4 is 11.5 Å². The zero-order valence-corrected chi connectivity index (χ0v) is 6.44. The molecule has 0 fully saturated rings. The Bertz CT molecular complexity index is 114. The van der Waals surface area contributed by atoms with Gasteiger partial charge in [0.2, 0.25) is 0 Å². The van der Waals surface area contributed by atoms with Crippen molar-refractivity contribution in [2.45, 2.75) is 27.2 Å². The van der Waals surface area contributed by atoms with Crippen LogP contribution in [0.3, 0.4) is 0 Å². The highest BCUT2D eigenvalue weighted by Crippen LogP contribution is 2.06. The van der Waals surface area contributed by atoms with Crippen LogP contribution in [0.4, 0.5) is 0 Å². The summed E-state index contributed by atoms with van der Waals surface area (Å²) < 4.78 is 0. The molecule has 0 amide bonds. The molecule has 0 rings (SSSR count). The van der Waals surface area contributed by atoms with E-state index in [-0.39, 0.29) is 0 Å². The molecule has 0 heterocycles. The van der Waals surface area contributed by atoms with Crippen molar-refractivity contribution in [3.63, 3.8) is 0 Å². The van der Waals surface area contributed by atoms with Crippen LogP contribution in [0.25, 0.3) is 0 Å². The van der Waals surface area contributed by atoms with E-state index < -0.39 is 0 Å². The molecule has 4 N–H and O–H groups in total. The molecule has 0 unspecified atom stereocenters. The Hall–Kier alpha value is -0.660. The summed E-state index contributed by atoms with van der Waals surface area (Å²) in [6.07, 6.45) is 0.851. The average Bonchev–Trinajstić information content (AvgIpc) is 1.84. The quantitative estimate of drug-likeness (QED) is 0.586. The fraction of sp³-hybridized carbons (Fsp3) is 0.714. The van der Waals surface area contributed by atoms with Crippen LogP contribution in [0.5, 0.6) is 0 Å². The molecule has 0 spiro atoms. The van der Waals surface area contributed by atoms with E-state index >= 15 is 0 Å². The normalized spacial score (nSPS) is 13.8. The Morgan fingerprint density at radius 1 is 1.33 bits per heavy atom. The van der Waals surface area contributed by atoms with E-state index in [0.717, 1.165) is 17.8 Å². The first-order valence-electron chi connectivity index (χ1n) is 3.33. The average molecular weight is 128 g/mol. The second kappa shape index (κ2) is 3.38. The van der Waals surface area contributed by atoms with E-state index in [2.05, 4.69) is 0 Å². The standard InChI is InChI=1S/C7H16N2/c1-4-6(8)7(9)5(2)3/h5H,4,8-9H2,1-3H3/b7-6-. The van der Waals surface area contributed by atoms with Crippen molar-refractivity contribution in [3.05, 3.63) is 11.4 Å². The van der Waals surface area contributed by atoms with Crippen molar-refractivity contribution in [1.29, 1.82) is 0 Å². The molecule has 0 bridgehead atoms. The molecule has 0 saturated heterocycles. The third-order valence-electron chi connectivity index (χ3n) is 1.37. The van der Waals surface area contributed by atoms with Crippen LogP contribution in [-0.2, 0) is 0 Å². The fourth-order valence-corrected chi connectivity index (χ4v) is 0.575. The first kappa shape index (κ1) is 8.34. The van der Waals surface area contributed by atoms with Gasteiger partial charge >= 0.3 is 0 Å². The van der Waals surface area contributed by atoms with E-state index in [9.17, 15) is 0 Å². The predicted molar refractivity (Wildman–Crippen MR) is 40.5 cm³/mol. The summed E-state index contributed by atoms with van der Waals surface area (Å²) in [4.78, 5) is 0. The largest absolute Gasteiger partial charge is 0.401 e. The molecule has 0 atom stereocenters. The minimum absolute atomic E-state index is 0.380. The minimum Gasteiger partial charge on any atom is -0.401 e. The van der Waals surface area contributed by atoms with Gasteiger partial charge in [0, 0.05) is 11.4 Å². The lowest BCUT2D eigenvalue weighted by atomic mass is 10.1. The van der Waals surface area contributed by atoms with E-state index in [1.165, 1.54) is 0 Å². The number of rotatable bonds is 2. The second-order valence-corrected chi connectivity index (χ2v) is 2.49. The van der Waals surface area contributed by atoms with E-state index in [0.29, 0.717) is 5.92 Å². The molecule has 9 heavy (non-hydrogen) atoms. The van der Waals surface area contributed by atoms with Gasteiger partial charge in [0.1, 0.15) is 0 Å². The zero-order chi connectivity index (χ0) is 7.44. The molecule has 0 saturated carbocycles.